The van der Waals surface area contributed by atoms with Crippen molar-refractivity contribution in [2.75, 3.05) is 13.2 Å². The van der Waals surface area contributed by atoms with Gasteiger partial charge in [-0.15, -0.1) is 0 Å². The lowest BCUT2D eigenvalue weighted by molar-refractivity contribution is -0.133. The molecule has 0 aliphatic carbocycles. The smallest absolute Gasteiger partial charge is 0.246 e. The lowest BCUT2D eigenvalue weighted by Gasteiger charge is -2.23. The van der Waals surface area contributed by atoms with E-state index < -0.39 is 17.7 Å². The van der Waals surface area contributed by atoms with Crippen LogP contribution in [-0.4, -0.2) is 19.1 Å². The summed E-state index contributed by atoms with van der Waals surface area (Å²) in [6.07, 6.45) is -0.405. The molecule has 1 N–H and O–H groups in total. The first kappa shape index (κ1) is 10.0. The van der Waals surface area contributed by atoms with Crippen LogP contribution in [0.15, 0.2) is 18.2 Å². The van der Waals surface area contributed by atoms with Crippen molar-refractivity contribution in [1.82, 2.24) is 5.32 Å². The zero-order chi connectivity index (χ0) is 10.8. The molecule has 1 fully saturated rings. The standard InChI is InChI=1S/C10H9F2NO2/c11-7-2-1-6(3-8(7)12)9-4-13-10(14)5-15-9/h1-3,9H,4-5H2,(H,13,14)/t9-/m1/s1. The van der Waals surface area contributed by atoms with Gasteiger partial charge in [0.15, 0.2) is 11.6 Å². The van der Waals surface area contributed by atoms with Gasteiger partial charge in [-0.2, -0.15) is 0 Å². The normalized spacial score (nSPS) is 21.2. The molecule has 5 heteroatoms. The number of rotatable bonds is 1. The number of nitrogens with one attached hydrogen (secondary N) is 1. The molecule has 1 aromatic rings. The molecule has 0 unspecified atom stereocenters. The molecule has 1 aromatic carbocycles. The molecule has 0 radical (unpaired) electrons. The number of carbonyl (C=O) groups is 1. The number of hydrogen-bond acceptors (Lipinski definition) is 2. The third-order valence-corrected chi connectivity index (χ3v) is 2.22. The van der Waals surface area contributed by atoms with E-state index in [0.717, 1.165) is 12.1 Å². The molecule has 0 bridgehead atoms. The van der Waals surface area contributed by atoms with Gasteiger partial charge >= 0.3 is 0 Å². The van der Waals surface area contributed by atoms with Gasteiger partial charge in [0.25, 0.3) is 0 Å². The number of morpholine rings is 1. The summed E-state index contributed by atoms with van der Waals surface area (Å²) in [5.41, 5.74) is 0.522. The summed E-state index contributed by atoms with van der Waals surface area (Å²) in [6.45, 7) is 0.230. The Morgan fingerprint density at radius 3 is 2.73 bits per heavy atom. The Kier molecular flexibility index (Phi) is 2.64. The van der Waals surface area contributed by atoms with E-state index in [1.54, 1.807) is 0 Å². The second-order valence-corrected chi connectivity index (χ2v) is 3.28. The van der Waals surface area contributed by atoms with Gasteiger partial charge in [-0.1, -0.05) is 6.07 Å². The highest BCUT2D eigenvalue weighted by molar-refractivity contribution is 5.77. The van der Waals surface area contributed by atoms with Crippen LogP contribution in [0.3, 0.4) is 0 Å². The van der Waals surface area contributed by atoms with E-state index in [4.69, 9.17) is 4.74 Å². The number of benzene rings is 1. The first-order chi connectivity index (χ1) is 7.16. The van der Waals surface area contributed by atoms with Crippen molar-refractivity contribution in [3.63, 3.8) is 0 Å². The molecule has 0 spiro atoms. The van der Waals surface area contributed by atoms with Crippen LogP contribution in [0.4, 0.5) is 8.78 Å². The second-order valence-electron chi connectivity index (χ2n) is 3.28. The monoisotopic (exact) mass is 213 g/mol. The molecule has 1 saturated heterocycles. The van der Waals surface area contributed by atoms with E-state index in [1.165, 1.54) is 6.07 Å². The lowest BCUT2D eigenvalue weighted by atomic mass is 10.1. The van der Waals surface area contributed by atoms with Crippen molar-refractivity contribution < 1.29 is 18.3 Å². The summed E-state index contributed by atoms with van der Waals surface area (Å²) in [5.74, 6) is -2.00. The third kappa shape index (κ3) is 2.12. The number of halogens is 2. The van der Waals surface area contributed by atoms with Gasteiger partial charge in [0, 0.05) is 6.54 Å². The Morgan fingerprint density at radius 2 is 2.13 bits per heavy atom. The van der Waals surface area contributed by atoms with Gasteiger partial charge in [-0.3, -0.25) is 4.79 Å². The molecule has 15 heavy (non-hydrogen) atoms. The molecule has 1 amide bonds. The number of ether oxygens (including phenoxy) is 1. The Labute approximate surface area is 85.0 Å². The fourth-order valence-corrected chi connectivity index (χ4v) is 1.42. The van der Waals surface area contributed by atoms with Crippen molar-refractivity contribution in [1.29, 1.82) is 0 Å². The number of amides is 1. The summed E-state index contributed by atoms with van der Waals surface area (Å²) in [5, 5.41) is 2.58. The molecule has 1 aliphatic rings. The Hall–Kier alpha value is -1.49. The molecule has 1 aliphatic heterocycles. The van der Waals surface area contributed by atoms with Crippen LogP contribution in [0.25, 0.3) is 0 Å². The van der Waals surface area contributed by atoms with Crippen LogP contribution in [-0.2, 0) is 9.53 Å². The van der Waals surface area contributed by atoms with Crippen molar-refractivity contribution in [3.8, 4) is 0 Å². The quantitative estimate of drug-likeness (QED) is 0.760. The zero-order valence-electron chi connectivity index (χ0n) is 7.80. The Bertz CT molecular complexity index is 385. The summed E-state index contributed by atoms with van der Waals surface area (Å²) in [6, 6.07) is 3.57. The molecule has 2 rings (SSSR count). The van der Waals surface area contributed by atoms with Crippen LogP contribution >= 0.6 is 0 Å². The minimum atomic E-state index is -0.909. The average molecular weight is 213 g/mol. The second kappa shape index (κ2) is 3.94. The van der Waals surface area contributed by atoms with Gasteiger partial charge in [-0.25, -0.2) is 8.78 Å². The summed E-state index contributed by atoms with van der Waals surface area (Å²) in [7, 11) is 0. The van der Waals surface area contributed by atoms with E-state index in [2.05, 4.69) is 5.32 Å². The van der Waals surface area contributed by atoms with Crippen LogP contribution in [0.2, 0.25) is 0 Å². The summed E-state index contributed by atoms with van der Waals surface area (Å²) >= 11 is 0. The fraction of sp³-hybridized carbons (Fsp3) is 0.300. The minimum Gasteiger partial charge on any atom is -0.362 e. The minimum absolute atomic E-state index is 0.0519. The zero-order valence-corrected chi connectivity index (χ0v) is 7.80. The predicted octanol–water partition coefficient (Wildman–Crippen LogP) is 1.15. The Morgan fingerprint density at radius 1 is 1.33 bits per heavy atom. The first-order valence-electron chi connectivity index (χ1n) is 4.50. The highest BCUT2D eigenvalue weighted by atomic mass is 19.2. The predicted molar refractivity (Wildman–Crippen MR) is 48.1 cm³/mol. The molecule has 1 atom stereocenters. The van der Waals surface area contributed by atoms with Crippen LogP contribution in [0.5, 0.6) is 0 Å². The number of hydrogen-bond donors (Lipinski definition) is 1. The van der Waals surface area contributed by atoms with Crippen LogP contribution in [0, 0.1) is 11.6 Å². The van der Waals surface area contributed by atoms with Crippen LogP contribution in [0.1, 0.15) is 11.7 Å². The van der Waals surface area contributed by atoms with Crippen molar-refractivity contribution >= 4 is 5.91 Å². The topological polar surface area (TPSA) is 38.3 Å². The fourth-order valence-electron chi connectivity index (χ4n) is 1.42. The molecule has 0 saturated carbocycles. The van der Waals surface area contributed by atoms with E-state index in [9.17, 15) is 13.6 Å². The van der Waals surface area contributed by atoms with E-state index in [-0.39, 0.29) is 19.1 Å². The Balaban J connectivity index is 2.16. The van der Waals surface area contributed by atoms with E-state index >= 15 is 0 Å². The molecule has 80 valence electrons. The van der Waals surface area contributed by atoms with E-state index in [1.807, 2.05) is 0 Å². The van der Waals surface area contributed by atoms with Crippen molar-refractivity contribution in [2.24, 2.45) is 0 Å². The van der Waals surface area contributed by atoms with Gasteiger partial charge in [-0.05, 0) is 17.7 Å². The highest BCUT2D eigenvalue weighted by Crippen LogP contribution is 2.20. The summed E-state index contributed by atoms with van der Waals surface area (Å²) in [4.78, 5) is 10.8. The van der Waals surface area contributed by atoms with Gasteiger partial charge < -0.3 is 10.1 Å². The average Bonchev–Trinajstić information content (AvgIpc) is 2.23. The largest absolute Gasteiger partial charge is 0.362 e. The van der Waals surface area contributed by atoms with Crippen LogP contribution < -0.4 is 5.32 Å². The number of carbonyl (C=O) groups excluding carboxylic acids is 1. The lowest BCUT2D eigenvalue weighted by Crippen LogP contribution is -2.38. The highest BCUT2D eigenvalue weighted by Gasteiger charge is 2.20. The molecule has 0 aromatic heterocycles. The summed E-state index contributed by atoms with van der Waals surface area (Å²) < 4.78 is 30.7. The van der Waals surface area contributed by atoms with Crippen molar-refractivity contribution in [3.05, 3.63) is 35.4 Å². The molecule has 1 heterocycles. The van der Waals surface area contributed by atoms with Gasteiger partial charge in [0.2, 0.25) is 5.91 Å². The molecule has 3 nitrogen and oxygen atoms in total. The maximum atomic E-state index is 12.9. The maximum absolute atomic E-state index is 12.9. The molecular formula is C10H9F2NO2. The van der Waals surface area contributed by atoms with Gasteiger partial charge in [0.05, 0.1) is 0 Å². The van der Waals surface area contributed by atoms with Gasteiger partial charge in [0.1, 0.15) is 12.7 Å². The first-order valence-corrected chi connectivity index (χ1v) is 4.50. The van der Waals surface area contributed by atoms with E-state index in [0.29, 0.717) is 5.56 Å². The third-order valence-electron chi connectivity index (χ3n) is 2.22. The van der Waals surface area contributed by atoms with Crippen molar-refractivity contribution in [2.45, 2.75) is 6.10 Å². The SMILES string of the molecule is O=C1CO[C@@H](c2ccc(F)c(F)c2)CN1. The molecular weight excluding hydrogens is 204 g/mol. The maximum Gasteiger partial charge on any atom is 0.246 e.